The maximum atomic E-state index is 12.3. The maximum Gasteiger partial charge on any atom is 0.265 e. The normalized spacial score (nSPS) is 10.7. The number of carbonyl (C=O) groups is 1. The van der Waals surface area contributed by atoms with E-state index < -0.39 is 0 Å². The number of rotatable bonds is 3. The summed E-state index contributed by atoms with van der Waals surface area (Å²) in [6.07, 6.45) is 1.66. The Labute approximate surface area is 125 Å². The number of aromatic nitrogens is 1. The van der Waals surface area contributed by atoms with Crippen molar-refractivity contribution in [2.75, 3.05) is 5.32 Å². The van der Waals surface area contributed by atoms with Crippen LogP contribution in [0.5, 0.6) is 0 Å². The van der Waals surface area contributed by atoms with Crippen LogP contribution in [0.1, 0.15) is 16.6 Å². The number of hydrogen-bond donors (Lipinski definition) is 1. The SMILES string of the molecule is CCn1cc(NC(=O)c2cc3ccccc3s2)ccc1=O. The first-order chi connectivity index (χ1) is 10.2. The third kappa shape index (κ3) is 2.73. The van der Waals surface area contributed by atoms with Gasteiger partial charge in [0, 0.05) is 23.5 Å². The van der Waals surface area contributed by atoms with Crippen molar-refractivity contribution in [2.24, 2.45) is 0 Å². The molecule has 0 bridgehead atoms. The Morgan fingerprint density at radius 1 is 1.24 bits per heavy atom. The highest BCUT2D eigenvalue weighted by molar-refractivity contribution is 7.20. The second kappa shape index (κ2) is 5.54. The zero-order valence-corrected chi connectivity index (χ0v) is 12.3. The van der Waals surface area contributed by atoms with Crippen LogP contribution >= 0.6 is 11.3 Å². The van der Waals surface area contributed by atoms with E-state index in [2.05, 4.69) is 5.32 Å². The summed E-state index contributed by atoms with van der Waals surface area (Å²) in [5.74, 6) is -0.155. The molecule has 0 fully saturated rings. The highest BCUT2D eigenvalue weighted by atomic mass is 32.1. The van der Waals surface area contributed by atoms with Gasteiger partial charge in [0.25, 0.3) is 11.5 Å². The van der Waals surface area contributed by atoms with Crippen LogP contribution in [-0.4, -0.2) is 10.5 Å². The van der Waals surface area contributed by atoms with Gasteiger partial charge in [0.05, 0.1) is 10.6 Å². The van der Waals surface area contributed by atoms with Crippen LogP contribution in [0, 0.1) is 0 Å². The van der Waals surface area contributed by atoms with E-state index in [0.29, 0.717) is 17.1 Å². The van der Waals surface area contributed by atoms with Gasteiger partial charge in [0.2, 0.25) is 0 Å². The van der Waals surface area contributed by atoms with E-state index in [4.69, 9.17) is 0 Å². The molecule has 21 heavy (non-hydrogen) atoms. The summed E-state index contributed by atoms with van der Waals surface area (Å²) in [6, 6.07) is 12.9. The number of benzene rings is 1. The quantitative estimate of drug-likeness (QED) is 0.806. The fourth-order valence-corrected chi connectivity index (χ4v) is 3.10. The topological polar surface area (TPSA) is 51.1 Å². The van der Waals surface area contributed by atoms with Gasteiger partial charge in [-0.15, -0.1) is 11.3 Å². The number of carbonyl (C=O) groups excluding carboxylic acids is 1. The molecule has 5 heteroatoms. The number of fused-ring (bicyclic) bond motifs is 1. The van der Waals surface area contributed by atoms with Crippen molar-refractivity contribution in [3.63, 3.8) is 0 Å². The van der Waals surface area contributed by atoms with E-state index >= 15 is 0 Å². The van der Waals surface area contributed by atoms with Crippen LogP contribution in [0.3, 0.4) is 0 Å². The second-order valence-electron chi connectivity index (χ2n) is 4.64. The molecule has 3 aromatic rings. The molecule has 0 unspecified atom stereocenters. The molecule has 1 aromatic carbocycles. The number of pyridine rings is 1. The summed E-state index contributed by atoms with van der Waals surface area (Å²) in [4.78, 5) is 24.5. The summed E-state index contributed by atoms with van der Waals surface area (Å²) >= 11 is 1.46. The third-order valence-electron chi connectivity index (χ3n) is 3.23. The molecule has 2 heterocycles. The molecule has 0 aliphatic carbocycles. The van der Waals surface area contributed by atoms with Gasteiger partial charge >= 0.3 is 0 Å². The second-order valence-corrected chi connectivity index (χ2v) is 5.73. The Balaban J connectivity index is 1.87. The average Bonchev–Trinajstić information content (AvgIpc) is 2.93. The minimum atomic E-state index is -0.155. The van der Waals surface area contributed by atoms with Gasteiger partial charge in [-0.25, -0.2) is 0 Å². The van der Waals surface area contributed by atoms with Gasteiger partial charge in [0.15, 0.2) is 0 Å². The summed E-state index contributed by atoms with van der Waals surface area (Å²) in [7, 11) is 0. The van der Waals surface area contributed by atoms with Gasteiger partial charge in [-0.1, -0.05) is 18.2 Å². The minimum Gasteiger partial charge on any atom is -0.320 e. The molecule has 2 aromatic heterocycles. The maximum absolute atomic E-state index is 12.3. The van der Waals surface area contributed by atoms with Crippen LogP contribution in [-0.2, 0) is 6.54 Å². The molecule has 0 saturated carbocycles. The van der Waals surface area contributed by atoms with Crippen LogP contribution in [0.25, 0.3) is 10.1 Å². The van der Waals surface area contributed by atoms with Crippen molar-refractivity contribution in [2.45, 2.75) is 13.5 Å². The molecule has 4 nitrogen and oxygen atoms in total. The standard InChI is InChI=1S/C16H14N2O2S/c1-2-18-10-12(7-8-15(18)19)17-16(20)14-9-11-5-3-4-6-13(11)21-14/h3-10H,2H2,1H3,(H,17,20). The molecular formula is C16H14N2O2S. The fourth-order valence-electron chi connectivity index (χ4n) is 2.14. The van der Waals surface area contributed by atoms with Gasteiger partial charge in [-0.3, -0.25) is 9.59 Å². The van der Waals surface area contributed by atoms with E-state index in [1.807, 2.05) is 37.3 Å². The zero-order valence-electron chi connectivity index (χ0n) is 11.5. The van der Waals surface area contributed by atoms with Crippen LogP contribution in [0.4, 0.5) is 5.69 Å². The Hall–Kier alpha value is -2.40. The van der Waals surface area contributed by atoms with E-state index in [-0.39, 0.29) is 11.5 Å². The highest BCUT2D eigenvalue weighted by Gasteiger charge is 2.10. The largest absolute Gasteiger partial charge is 0.320 e. The van der Waals surface area contributed by atoms with E-state index in [9.17, 15) is 9.59 Å². The first-order valence-electron chi connectivity index (χ1n) is 6.68. The minimum absolute atomic E-state index is 0.0719. The van der Waals surface area contributed by atoms with Crippen molar-refractivity contribution >= 4 is 33.0 Å². The molecule has 0 saturated heterocycles. The number of thiophene rings is 1. The Morgan fingerprint density at radius 2 is 2.05 bits per heavy atom. The van der Waals surface area contributed by atoms with E-state index in [1.54, 1.807) is 16.8 Å². The van der Waals surface area contributed by atoms with Gasteiger partial charge in [-0.05, 0) is 30.5 Å². The summed E-state index contributed by atoms with van der Waals surface area (Å²) < 4.78 is 2.64. The van der Waals surface area contributed by atoms with Crippen molar-refractivity contribution in [1.29, 1.82) is 0 Å². The third-order valence-corrected chi connectivity index (χ3v) is 4.35. The molecule has 106 valence electrons. The summed E-state index contributed by atoms with van der Waals surface area (Å²) in [5.41, 5.74) is 0.552. The zero-order chi connectivity index (χ0) is 14.8. The number of nitrogens with one attached hydrogen (secondary N) is 1. The Kier molecular flexibility index (Phi) is 3.58. The predicted molar refractivity (Wildman–Crippen MR) is 86.2 cm³/mol. The van der Waals surface area contributed by atoms with Crippen LogP contribution in [0.15, 0.2) is 53.5 Å². The molecule has 0 aliphatic heterocycles. The summed E-state index contributed by atoms with van der Waals surface area (Å²) in [5, 5.41) is 3.89. The van der Waals surface area contributed by atoms with Gasteiger partial charge in [-0.2, -0.15) is 0 Å². The van der Waals surface area contributed by atoms with Crippen LogP contribution in [0.2, 0.25) is 0 Å². The number of hydrogen-bond acceptors (Lipinski definition) is 3. The number of aryl methyl sites for hydroxylation is 1. The monoisotopic (exact) mass is 298 g/mol. The van der Waals surface area contributed by atoms with E-state index in [1.165, 1.54) is 17.4 Å². The van der Waals surface area contributed by atoms with Crippen molar-refractivity contribution in [3.8, 4) is 0 Å². The molecular weight excluding hydrogens is 284 g/mol. The lowest BCUT2D eigenvalue weighted by Crippen LogP contribution is -2.19. The predicted octanol–water partition coefficient (Wildman–Crippen LogP) is 3.34. The van der Waals surface area contributed by atoms with E-state index in [0.717, 1.165) is 10.1 Å². The number of amides is 1. The first-order valence-corrected chi connectivity index (χ1v) is 7.49. The van der Waals surface area contributed by atoms with Crippen molar-refractivity contribution in [3.05, 3.63) is 63.9 Å². The Bertz CT molecular complexity index is 831. The van der Waals surface area contributed by atoms with Crippen molar-refractivity contribution < 1.29 is 4.79 Å². The molecule has 3 rings (SSSR count). The highest BCUT2D eigenvalue weighted by Crippen LogP contribution is 2.25. The molecule has 0 aliphatic rings. The lowest BCUT2D eigenvalue weighted by Gasteiger charge is -2.06. The average molecular weight is 298 g/mol. The lowest BCUT2D eigenvalue weighted by atomic mass is 10.2. The summed E-state index contributed by atoms with van der Waals surface area (Å²) in [6.45, 7) is 2.46. The van der Waals surface area contributed by atoms with Gasteiger partial charge < -0.3 is 9.88 Å². The molecule has 0 atom stereocenters. The first kappa shape index (κ1) is 13.6. The smallest absolute Gasteiger partial charge is 0.265 e. The lowest BCUT2D eigenvalue weighted by molar-refractivity contribution is 0.103. The molecule has 0 spiro atoms. The molecule has 0 radical (unpaired) electrons. The Morgan fingerprint density at radius 3 is 2.81 bits per heavy atom. The molecule has 1 amide bonds. The number of anilines is 1. The number of nitrogens with zero attached hydrogens (tertiary/aromatic N) is 1. The van der Waals surface area contributed by atoms with Gasteiger partial charge in [0.1, 0.15) is 0 Å². The molecule has 1 N–H and O–H groups in total. The van der Waals surface area contributed by atoms with Crippen LogP contribution < -0.4 is 10.9 Å². The fraction of sp³-hybridized carbons (Fsp3) is 0.125. The van der Waals surface area contributed by atoms with Crippen molar-refractivity contribution in [1.82, 2.24) is 4.57 Å².